The lowest BCUT2D eigenvalue weighted by atomic mass is 10.0. The van der Waals surface area contributed by atoms with Crippen LogP contribution in [0.5, 0.6) is 0 Å². The molecule has 4 aromatic rings. The van der Waals surface area contributed by atoms with E-state index in [-0.39, 0.29) is 28.5 Å². The lowest BCUT2D eigenvalue weighted by molar-refractivity contribution is -0.151. The van der Waals surface area contributed by atoms with Gasteiger partial charge in [-0.3, -0.25) is 14.4 Å². The second-order valence-electron chi connectivity index (χ2n) is 12.1. The predicted molar refractivity (Wildman–Crippen MR) is 210 cm³/mol. The molecule has 6 N–H and O–H groups in total. The fraction of sp³-hybridized carbons (Fsp3) is 0.429. The highest BCUT2D eigenvalue weighted by Gasteiger charge is 2.49. The van der Waals surface area contributed by atoms with Crippen LogP contribution < -0.4 is 16.0 Å². The van der Waals surface area contributed by atoms with Crippen molar-refractivity contribution in [1.82, 2.24) is 81.7 Å². The molecule has 5 atom stereocenters. The summed E-state index contributed by atoms with van der Waals surface area (Å²) in [6.07, 6.45) is 2.29. The van der Waals surface area contributed by atoms with Gasteiger partial charge in [-0.2, -0.15) is 0 Å². The molecule has 4 aromatic heterocycles. The quantitative estimate of drug-likeness (QED) is 0.0622. The van der Waals surface area contributed by atoms with Crippen LogP contribution >= 0.6 is 69.7 Å². The van der Waals surface area contributed by atoms with Crippen LogP contribution in [0.2, 0.25) is 0 Å². The van der Waals surface area contributed by atoms with Crippen molar-refractivity contribution in [3.8, 4) is 0 Å². The van der Waals surface area contributed by atoms with E-state index in [0.717, 1.165) is 62.2 Å². The van der Waals surface area contributed by atoms with Crippen LogP contribution in [0.4, 0.5) is 0 Å². The van der Waals surface area contributed by atoms with Gasteiger partial charge in [-0.25, -0.2) is 23.7 Å². The monoisotopic (exact) mass is 926 g/mol. The first-order valence-corrected chi connectivity index (χ1v) is 22.2. The number of carboxylic acid groups (broad SMARTS) is 3. The van der Waals surface area contributed by atoms with Gasteiger partial charge in [0.05, 0.1) is 0 Å². The highest BCUT2D eigenvalue weighted by Crippen LogP contribution is 2.39. The molecule has 0 spiro atoms. The van der Waals surface area contributed by atoms with Gasteiger partial charge in [-0.1, -0.05) is 46.2 Å². The number of thioether (sulfide) groups is 4. The Bertz CT molecular complexity index is 2250. The lowest BCUT2D eigenvalue weighted by Gasteiger charge is -2.43. The minimum Gasteiger partial charge on any atom is -0.480 e. The predicted octanol–water partition coefficient (Wildman–Crippen LogP) is -1.44. The molecule has 0 fully saturated rings. The van der Waals surface area contributed by atoms with Gasteiger partial charge in [0.15, 0.2) is 26.8 Å². The topological polar surface area (TPSA) is 341 Å². The Morgan fingerprint density at radius 2 is 1.39 bits per heavy atom. The molecule has 3 amide bonds. The molecule has 1 unspecified atom stereocenters. The summed E-state index contributed by atoms with van der Waals surface area (Å²) < 4.78 is 3.17. The molecule has 31 heteroatoms. The number of aryl methyl sites for hydroxylation is 2. The van der Waals surface area contributed by atoms with Gasteiger partial charge in [0.2, 0.25) is 11.8 Å². The zero-order valence-electron chi connectivity index (χ0n) is 30.2. The number of amides is 3. The van der Waals surface area contributed by atoms with E-state index >= 15 is 4.79 Å². The third-order valence-corrected chi connectivity index (χ3v) is 14.5. The number of rotatable bonds is 18. The summed E-state index contributed by atoms with van der Waals surface area (Å²) in [4.78, 5) is 81.0. The fourth-order valence-electron chi connectivity index (χ4n) is 5.39. The number of nitrogens with zero attached hydrogens (tertiary/aromatic N) is 13. The van der Waals surface area contributed by atoms with Gasteiger partial charge < -0.3 is 36.2 Å². The molecular formula is C28H30N16O9S6. The summed E-state index contributed by atoms with van der Waals surface area (Å²) in [5.41, 5.74) is 0.337. The second kappa shape index (κ2) is 19.7. The number of carbonyl (C=O) groups is 6. The van der Waals surface area contributed by atoms with Gasteiger partial charge in [-0.05, 0) is 51.3 Å². The van der Waals surface area contributed by atoms with Crippen LogP contribution in [0, 0.1) is 13.8 Å². The smallest absolute Gasteiger partial charge is 0.330 e. The average molecular weight is 927 g/mol. The van der Waals surface area contributed by atoms with E-state index in [9.17, 15) is 39.3 Å². The highest BCUT2D eigenvalue weighted by molar-refractivity contribution is 8.03. The first-order chi connectivity index (χ1) is 28.3. The van der Waals surface area contributed by atoms with Crippen LogP contribution in [-0.4, -0.2) is 163 Å². The number of carboxylic acids is 3. The van der Waals surface area contributed by atoms with Crippen LogP contribution in [0.25, 0.3) is 0 Å². The van der Waals surface area contributed by atoms with Gasteiger partial charge in [0.1, 0.15) is 52.2 Å². The Balaban J connectivity index is 1.38. The number of nitrogens with one attached hydrogen (secondary N) is 3. The molecule has 0 saturated carbocycles. The molecular weight excluding hydrogens is 897 g/mol. The number of hydrogen-bond acceptors (Lipinski definition) is 23. The summed E-state index contributed by atoms with van der Waals surface area (Å²) in [7, 11) is 0. The van der Waals surface area contributed by atoms with Gasteiger partial charge >= 0.3 is 17.9 Å². The van der Waals surface area contributed by atoms with E-state index in [0.29, 0.717) is 24.3 Å². The lowest BCUT2D eigenvalue weighted by Crippen LogP contribution is -2.63. The van der Waals surface area contributed by atoms with E-state index < -0.39 is 77.6 Å². The van der Waals surface area contributed by atoms with Crippen molar-refractivity contribution < 1.29 is 44.1 Å². The minimum atomic E-state index is -1.89. The summed E-state index contributed by atoms with van der Waals surface area (Å²) >= 11 is 6.79. The van der Waals surface area contributed by atoms with Gasteiger partial charge in [0, 0.05) is 17.3 Å². The summed E-state index contributed by atoms with van der Waals surface area (Å²) in [5, 5.41) is 76.6. The standard InChI is InChI=1S/C28H30N16O9S6/c1-11-34-36-27(58-11)56-6-13-5-54-21(18(24(48)49)31-15(45)3-42-9-29-38-40-42)33-17(13)22(47)44-20(26(52)53)14(8-57-28-37-35-12(2)59-28)7-55-23(44)19(25(50)51)32-16(46)4-43-10-30-39-41-43/h7,9-10,18-21,23,33H,3-6,8H2,1-2H3,(H,31,45)(H,32,46)(H,48,49)(H,50,51)(H,52,53)/t18-,19-,20?,21+,23+/m0/s1. The van der Waals surface area contributed by atoms with E-state index in [4.69, 9.17) is 0 Å². The maximum atomic E-state index is 15.2. The molecule has 6 heterocycles. The number of hydrogen-bond donors (Lipinski definition) is 6. The number of tetrazole rings is 2. The highest BCUT2D eigenvalue weighted by atomic mass is 32.2. The van der Waals surface area contributed by atoms with E-state index in [1.54, 1.807) is 13.8 Å². The Labute approximate surface area is 356 Å². The van der Waals surface area contributed by atoms with Crippen molar-refractivity contribution in [2.24, 2.45) is 0 Å². The summed E-state index contributed by atoms with van der Waals surface area (Å²) in [6, 6.07) is -5.32. The largest absolute Gasteiger partial charge is 0.480 e. The zero-order valence-corrected chi connectivity index (χ0v) is 35.1. The second-order valence-corrected chi connectivity index (χ2v) is 19.0. The summed E-state index contributed by atoms with van der Waals surface area (Å²) in [5.74, 6) is -7.12. The molecule has 312 valence electrons. The molecule has 0 bridgehead atoms. The molecule has 2 aliphatic heterocycles. The summed E-state index contributed by atoms with van der Waals surface area (Å²) in [6.45, 7) is 2.58. The van der Waals surface area contributed by atoms with Gasteiger partial charge in [0.25, 0.3) is 5.91 Å². The SMILES string of the molecule is Cc1nnc(SCC2=CS[C@H]([C@H](NC(=O)Cn3cnnn3)C(=O)O)N(C(=O)C3=C(CSc4nnc(C)s4)CS[C@H]([C@H](NC(=O)Cn4cnnn4)C(=O)O)N3)C2C(=O)O)s1. The zero-order chi connectivity index (χ0) is 42.2. The normalized spacial score (nSPS) is 19.0. The number of aromatic nitrogens is 12. The van der Waals surface area contributed by atoms with Crippen LogP contribution in [0.3, 0.4) is 0 Å². The van der Waals surface area contributed by atoms with E-state index in [2.05, 4.69) is 67.4 Å². The first kappa shape index (κ1) is 43.3. The van der Waals surface area contributed by atoms with Crippen LogP contribution in [-0.2, 0) is 41.9 Å². The van der Waals surface area contributed by atoms with E-state index in [1.165, 1.54) is 39.8 Å². The van der Waals surface area contributed by atoms with E-state index in [1.807, 2.05) is 0 Å². The number of carbonyl (C=O) groups excluding carboxylic acids is 3. The van der Waals surface area contributed by atoms with Crippen molar-refractivity contribution in [2.45, 2.75) is 64.5 Å². The molecule has 6 rings (SSSR count). The molecule has 59 heavy (non-hydrogen) atoms. The molecule has 0 radical (unpaired) electrons. The Morgan fingerprint density at radius 3 is 1.88 bits per heavy atom. The third kappa shape index (κ3) is 11.1. The maximum Gasteiger partial charge on any atom is 0.330 e. The van der Waals surface area contributed by atoms with Crippen LogP contribution in [0.15, 0.2) is 43.6 Å². The van der Waals surface area contributed by atoms with Crippen molar-refractivity contribution in [3.05, 3.63) is 44.9 Å². The first-order valence-electron chi connectivity index (χ1n) is 16.6. The fourth-order valence-corrected chi connectivity index (χ4v) is 11.7. The van der Waals surface area contributed by atoms with Crippen molar-refractivity contribution >= 4 is 105 Å². The van der Waals surface area contributed by atoms with Crippen molar-refractivity contribution in [2.75, 3.05) is 17.3 Å². The van der Waals surface area contributed by atoms with Crippen molar-refractivity contribution in [3.63, 3.8) is 0 Å². The molecule has 0 saturated heterocycles. The minimum absolute atomic E-state index is 0.00301. The third-order valence-electron chi connectivity index (χ3n) is 7.92. The Hall–Kier alpha value is -5.24. The Kier molecular flexibility index (Phi) is 14.5. The van der Waals surface area contributed by atoms with Crippen molar-refractivity contribution in [1.29, 1.82) is 0 Å². The average Bonchev–Trinajstić information content (AvgIpc) is 4.04. The number of aliphatic carboxylic acids is 3. The molecule has 0 aromatic carbocycles. The molecule has 2 aliphatic rings. The maximum absolute atomic E-state index is 15.2. The Morgan fingerprint density at radius 1 is 0.831 bits per heavy atom. The molecule has 0 aliphatic carbocycles. The molecule has 25 nitrogen and oxygen atoms in total. The van der Waals surface area contributed by atoms with Crippen LogP contribution in [0.1, 0.15) is 10.0 Å². The van der Waals surface area contributed by atoms with Gasteiger partial charge in [-0.15, -0.1) is 54.1 Å².